The van der Waals surface area contributed by atoms with Crippen molar-refractivity contribution < 1.29 is 13.2 Å². The lowest BCUT2D eigenvalue weighted by Crippen LogP contribution is -2.49. The van der Waals surface area contributed by atoms with Crippen molar-refractivity contribution >= 4 is 15.7 Å². The maximum absolute atomic E-state index is 11.9. The van der Waals surface area contributed by atoms with Crippen molar-refractivity contribution in [2.75, 3.05) is 18.6 Å². The van der Waals surface area contributed by atoms with E-state index in [9.17, 15) is 13.2 Å². The third-order valence-corrected chi connectivity index (χ3v) is 4.86. The Morgan fingerprint density at radius 2 is 2.00 bits per heavy atom. The number of hydrogen-bond donors (Lipinski definition) is 1. The molecule has 0 spiro atoms. The summed E-state index contributed by atoms with van der Waals surface area (Å²) in [5.41, 5.74) is 5.76. The summed E-state index contributed by atoms with van der Waals surface area (Å²) in [4.78, 5) is 13.4. The van der Waals surface area contributed by atoms with Gasteiger partial charge >= 0.3 is 0 Å². The summed E-state index contributed by atoms with van der Waals surface area (Å²) in [6, 6.07) is -0.754. The van der Waals surface area contributed by atoms with Crippen LogP contribution in [-0.4, -0.2) is 49.9 Å². The fourth-order valence-electron chi connectivity index (χ4n) is 1.78. The number of carbonyl (C=O) groups excluding carboxylic acids is 1. The molecule has 0 radical (unpaired) electrons. The third-order valence-electron chi connectivity index (χ3n) is 3.11. The Bertz CT molecular complexity index is 364. The van der Waals surface area contributed by atoms with Gasteiger partial charge in [-0.05, 0) is 12.3 Å². The Morgan fingerprint density at radius 3 is 2.38 bits per heavy atom. The minimum absolute atomic E-state index is 0.0629. The first-order valence-electron chi connectivity index (χ1n) is 5.47. The van der Waals surface area contributed by atoms with E-state index in [-0.39, 0.29) is 29.4 Å². The molecule has 2 N–H and O–H groups in total. The normalized spacial score (nSPS) is 25.7. The van der Waals surface area contributed by atoms with Gasteiger partial charge in [-0.2, -0.15) is 0 Å². The second-order valence-electron chi connectivity index (χ2n) is 4.78. The maximum atomic E-state index is 11.9. The third kappa shape index (κ3) is 2.95. The van der Waals surface area contributed by atoms with Crippen molar-refractivity contribution in [3.63, 3.8) is 0 Å². The van der Waals surface area contributed by atoms with Gasteiger partial charge in [-0.1, -0.05) is 13.8 Å². The molecule has 0 aliphatic carbocycles. The van der Waals surface area contributed by atoms with Crippen LogP contribution in [0.2, 0.25) is 0 Å². The second-order valence-corrected chi connectivity index (χ2v) is 7.00. The van der Waals surface area contributed by atoms with E-state index in [1.54, 1.807) is 7.05 Å². The van der Waals surface area contributed by atoms with Crippen LogP contribution in [0, 0.1) is 5.92 Å². The Kier molecular flexibility index (Phi) is 3.96. The number of rotatable bonds is 3. The Balaban J connectivity index is 2.66. The van der Waals surface area contributed by atoms with Crippen LogP contribution in [-0.2, 0) is 14.6 Å². The van der Waals surface area contributed by atoms with Crippen molar-refractivity contribution in [1.82, 2.24) is 4.90 Å². The van der Waals surface area contributed by atoms with Crippen LogP contribution in [0.4, 0.5) is 0 Å². The molecule has 1 amide bonds. The molecule has 5 nitrogen and oxygen atoms in total. The highest BCUT2D eigenvalue weighted by atomic mass is 32.2. The van der Waals surface area contributed by atoms with Gasteiger partial charge in [0.2, 0.25) is 5.91 Å². The molecule has 1 aliphatic rings. The van der Waals surface area contributed by atoms with Crippen molar-refractivity contribution in [2.24, 2.45) is 11.7 Å². The number of hydrogen-bond acceptors (Lipinski definition) is 4. The molecular weight excluding hydrogens is 228 g/mol. The van der Waals surface area contributed by atoms with Gasteiger partial charge in [0.05, 0.1) is 17.5 Å². The van der Waals surface area contributed by atoms with E-state index < -0.39 is 15.9 Å². The molecule has 1 aliphatic heterocycles. The predicted molar refractivity (Wildman–Crippen MR) is 62.6 cm³/mol. The van der Waals surface area contributed by atoms with Gasteiger partial charge in [0.1, 0.15) is 0 Å². The molecule has 0 bridgehead atoms. The van der Waals surface area contributed by atoms with Gasteiger partial charge in [-0.25, -0.2) is 8.42 Å². The Hall–Kier alpha value is -0.620. The van der Waals surface area contributed by atoms with Gasteiger partial charge in [0.25, 0.3) is 0 Å². The van der Waals surface area contributed by atoms with Gasteiger partial charge < -0.3 is 10.6 Å². The molecule has 1 fully saturated rings. The van der Waals surface area contributed by atoms with Gasteiger partial charge in [0, 0.05) is 13.1 Å². The van der Waals surface area contributed by atoms with Gasteiger partial charge in [-0.3, -0.25) is 4.79 Å². The molecule has 0 aromatic heterocycles. The summed E-state index contributed by atoms with van der Waals surface area (Å²) in [5, 5.41) is 0. The molecule has 0 aromatic carbocycles. The van der Waals surface area contributed by atoms with Crippen LogP contribution in [0.15, 0.2) is 0 Å². The van der Waals surface area contributed by atoms with Crippen molar-refractivity contribution in [3.05, 3.63) is 0 Å². The predicted octanol–water partition coefficient (Wildman–Crippen LogP) is -0.385. The van der Waals surface area contributed by atoms with E-state index >= 15 is 0 Å². The number of likely N-dealkylation sites (N-methyl/N-ethyl adjacent to an activating group) is 1. The first-order valence-corrected chi connectivity index (χ1v) is 7.29. The summed E-state index contributed by atoms with van der Waals surface area (Å²) in [7, 11) is -1.32. The monoisotopic (exact) mass is 248 g/mol. The minimum Gasteiger partial charge on any atom is -0.340 e. The summed E-state index contributed by atoms with van der Waals surface area (Å²) >= 11 is 0. The van der Waals surface area contributed by atoms with Crippen LogP contribution < -0.4 is 5.73 Å². The summed E-state index contributed by atoms with van der Waals surface area (Å²) in [6.07, 6.45) is 0.523. The van der Waals surface area contributed by atoms with E-state index in [1.165, 1.54) is 4.90 Å². The minimum atomic E-state index is -2.95. The van der Waals surface area contributed by atoms with Crippen molar-refractivity contribution in [3.8, 4) is 0 Å². The average molecular weight is 248 g/mol. The van der Waals surface area contributed by atoms with E-state index in [0.717, 1.165) is 0 Å². The lowest BCUT2D eigenvalue weighted by Gasteiger charge is -2.27. The zero-order valence-electron chi connectivity index (χ0n) is 10.0. The molecule has 0 aromatic rings. The van der Waals surface area contributed by atoms with E-state index in [1.807, 2.05) is 13.8 Å². The molecule has 1 unspecified atom stereocenters. The highest BCUT2D eigenvalue weighted by molar-refractivity contribution is 7.91. The van der Waals surface area contributed by atoms with Crippen LogP contribution in [0.3, 0.4) is 0 Å². The number of nitrogens with two attached hydrogens (primary N) is 1. The molecule has 6 heteroatoms. The van der Waals surface area contributed by atoms with Crippen LogP contribution >= 0.6 is 0 Å². The maximum Gasteiger partial charge on any atom is 0.239 e. The van der Waals surface area contributed by atoms with Crippen LogP contribution in [0.1, 0.15) is 20.3 Å². The smallest absolute Gasteiger partial charge is 0.239 e. The standard InChI is InChI=1S/C10H20N2O3S/c1-7(2)9(11)10(13)12(3)8-4-5-16(14,15)6-8/h7-9H,4-6,11H2,1-3H3/t8?,9-/m1/s1. The first kappa shape index (κ1) is 13.4. The number of nitrogens with zero attached hydrogens (tertiary/aromatic N) is 1. The molecule has 0 saturated carbocycles. The molecule has 16 heavy (non-hydrogen) atoms. The first-order chi connectivity index (χ1) is 7.24. The number of amides is 1. The molecule has 1 heterocycles. The molecule has 2 atom stereocenters. The molecular formula is C10H20N2O3S. The average Bonchev–Trinajstić information content (AvgIpc) is 2.55. The molecule has 1 saturated heterocycles. The Morgan fingerprint density at radius 1 is 1.44 bits per heavy atom. The SMILES string of the molecule is CC(C)[C@@H](N)C(=O)N(C)C1CCS(=O)(=O)C1. The van der Waals surface area contributed by atoms with Crippen molar-refractivity contribution in [1.29, 1.82) is 0 Å². The molecule has 94 valence electrons. The largest absolute Gasteiger partial charge is 0.340 e. The lowest BCUT2D eigenvalue weighted by molar-refractivity contribution is -0.133. The van der Waals surface area contributed by atoms with Crippen LogP contribution in [0.25, 0.3) is 0 Å². The van der Waals surface area contributed by atoms with E-state index in [4.69, 9.17) is 5.73 Å². The fraction of sp³-hybridized carbons (Fsp3) is 0.900. The topological polar surface area (TPSA) is 80.5 Å². The Labute approximate surface area is 96.9 Å². The second kappa shape index (κ2) is 4.71. The van der Waals surface area contributed by atoms with Crippen LogP contribution in [0.5, 0.6) is 0 Å². The lowest BCUT2D eigenvalue weighted by atomic mass is 10.0. The van der Waals surface area contributed by atoms with Gasteiger partial charge in [0.15, 0.2) is 9.84 Å². The van der Waals surface area contributed by atoms with E-state index in [0.29, 0.717) is 6.42 Å². The van der Waals surface area contributed by atoms with E-state index in [2.05, 4.69) is 0 Å². The van der Waals surface area contributed by atoms with Crippen molar-refractivity contribution in [2.45, 2.75) is 32.4 Å². The zero-order chi connectivity index (χ0) is 12.5. The zero-order valence-corrected chi connectivity index (χ0v) is 10.8. The fourth-order valence-corrected chi connectivity index (χ4v) is 3.56. The summed E-state index contributed by atoms with van der Waals surface area (Å²) < 4.78 is 22.6. The summed E-state index contributed by atoms with van der Waals surface area (Å²) in [6.45, 7) is 3.75. The quantitative estimate of drug-likeness (QED) is 0.738. The highest BCUT2D eigenvalue weighted by Crippen LogP contribution is 2.17. The summed E-state index contributed by atoms with van der Waals surface area (Å²) in [5.74, 6) is 0.136. The van der Waals surface area contributed by atoms with Gasteiger partial charge in [-0.15, -0.1) is 0 Å². The highest BCUT2D eigenvalue weighted by Gasteiger charge is 2.34. The number of sulfone groups is 1. The molecule has 1 rings (SSSR count). The number of carbonyl (C=O) groups is 1.